The molecular weight excluding hydrogens is 260 g/mol. The Kier molecular flexibility index (Phi) is 8.24. The molecule has 0 aromatic heterocycles. The van der Waals surface area contributed by atoms with Crippen molar-refractivity contribution < 1.29 is 0 Å². The van der Waals surface area contributed by atoms with Crippen molar-refractivity contribution in [1.29, 1.82) is 5.26 Å². The van der Waals surface area contributed by atoms with Crippen LogP contribution in [0.3, 0.4) is 0 Å². The van der Waals surface area contributed by atoms with Gasteiger partial charge in [0.15, 0.2) is 0 Å². The minimum atomic E-state index is -0.354. The number of hydrogen-bond donors (Lipinski definition) is 1. The van der Waals surface area contributed by atoms with Crippen LogP contribution in [0.15, 0.2) is 0 Å². The molecule has 0 bridgehead atoms. The molecule has 1 unspecified atom stereocenters. The van der Waals surface area contributed by atoms with E-state index in [1.54, 1.807) is 0 Å². The second-order valence-corrected chi connectivity index (χ2v) is 6.43. The SMILES string of the molecule is CCN(CC)CCCN(CC)CCC(C)(C#N)NC1CC1. The Hall–Kier alpha value is -0.630. The fourth-order valence-electron chi connectivity index (χ4n) is 2.71. The van der Waals surface area contributed by atoms with E-state index in [9.17, 15) is 5.26 Å². The Labute approximate surface area is 131 Å². The highest BCUT2D eigenvalue weighted by Gasteiger charge is 2.32. The molecule has 1 N–H and O–H groups in total. The Morgan fingerprint density at radius 1 is 1.05 bits per heavy atom. The molecule has 0 saturated heterocycles. The lowest BCUT2D eigenvalue weighted by molar-refractivity contribution is 0.227. The van der Waals surface area contributed by atoms with E-state index >= 15 is 0 Å². The van der Waals surface area contributed by atoms with Crippen molar-refractivity contribution in [2.75, 3.05) is 39.3 Å². The lowest BCUT2D eigenvalue weighted by atomic mass is 9.99. The third-order valence-electron chi connectivity index (χ3n) is 4.57. The first-order valence-corrected chi connectivity index (χ1v) is 8.70. The van der Waals surface area contributed by atoms with Gasteiger partial charge in [-0.3, -0.25) is 5.32 Å². The van der Waals surface area contributed by atoms with Crippen LogP contribution < -0.4 is 5.32 Å². The fraction of sp³-hybridized carbons (Fsp3) is 0.941. The molecule has 0 heterocycles. The van der Waals surface area contributed by atoms with Crippen LogP contribution in [0.5, 0.6) is 0 Å². The van der Waals surface area contributed by atoms with Gasteiger partial charge < -0.3 is 9.80 Å². The van der Waals surface area contributed by atoms with Crippen molar-refractivity contribution in [3.63, 3.8) is 0 Å². The summed E-state index contributed by atoms with van der Waals surface area (Å²) < 4.78 is 0. The fourth-order valence-corrected chi connectivity index (χ4v) is 2.71. The second kappa shape index (κ2) is 9.40. The van der Waals surface area contributed by atoms with E-state index in [-0.39, 0.29) is 5.54 Å². The van der Waals surface area contributed by atoms with Crippen LogP contribution >= 0.6 is 0 Å². The highest BCUT2D eigenvalue weighted by Crippen LogP contribution is 2.23. The first-order chi connectivity index (χ1) is 10.1. The lowest BCUT2D eigenvalue weighted by Crippen LogP contribution is -2.45. The summed E-state index contributed by atoms with van der Waals surface area (Å²) in [5, 5.41) is 12.9. The molecule has 0 aliphatic heterocycles. The van der Waals surface area contributed by atoms with Gasteiger partial charge in [-0.1, -0.05) is 20.8 Å². The maximum atomic E-state index is 9.42. The molecule has 4 heteroatoms. The molecule has 21 heavy (non-hydrogen) atoms. The molecule has 1 aliphatic carbocycles. The molecule has 1 fully saturated rings. The molecule has 0 radical (unpaired) electrons. The third-order valence-corrected chi connectivity index (χ3v) is 4.57. The number of nitrogens with one attached hydrogen (secondary N) is 1. The molecule has 122 valence electrons. The van der Waals surface area contributed by atoms with Gasteiger partial charge in [-0.05, 0) is 65.3 Å². The summed E-state index contributed by atoms with van der Waals surface area (Å²) in [4.78, 5) is 4.95. The molecule has 0 spiro atoms. The molecule has 0 aromatic rings. The summed E-state index contributed by atoms with van der Waals surface area (Å²) in [7, 11) is 0. The topological polar surface area (TPSA) is 42.3 Å². The number of rotatable bonds is 12. The van der Waals surface area contributed by atoms with Crippen LogP contribution in [0.25, 0.3) is 0 Å². The Bertz CT molecular complexity index is 317. The first-order valence-electron chi connectivity index (χ1n) is 8.70. The van der Waals surface area contributed by atoms with Crippen molar-refractivity contribution in [3.05, 3.63) is 0 Å². The summed E-state index contributed by atoms with van der Waals surface area (Å²) in [6.45, 7) is 15.4. The van der Waals surface area contributed by atoms with E-state index in [0.29, 0.717) is 6.04 Å². The summed E-state index contributed by atoms with van der Waals surface area (Å²) >= 11 is 0. The maximum absolute atomic E-state index is 9.42. The first kappa shape index (κ1) is 18.4. The second-order valence-electron chi connectivity index (χ2n) is 6.43. The number of nitriles is 1. The van der Waals surface area contributed by atoms with Crippen LogP contribution in [0.2, 0.25) is 0 Å². The highest BCUT2D eigenvalue weighted by atomic mass is 15.1. The smallest absolute Gasteiger partial charge is 0.105 e. The largest absolute Gasteiger partial charge is 0.304 e. The van der Waals surface area contributed by atoms with Crippen LogP contribution in [0.4, 0.5) is 0 Å². The number of nitrogens with zero attached hydrogens (tertiary/aromatic N) is 3. The van der Waals surface area contributed by atoms with Crippen molar-refractivity contribution in [3.8, 4) is 6.07 Å². The van der Waals surface area contributed by atoms with Crippen LogP contribution in [0, 0.1) is 11.3 Å². The molecular formula is C17H34N4. The summed E-state index contributed by atoms with van der Waals surface area (Å²) in [5.74, 6) is 0. The monoisotopic (exact) mass is 294 g/mol. The Morgan fingerprint density at radius 3 is 2.10 bits per heavy atom. The van der Waals surface area contributed by atoms with Crippen molar-refractivity contribution in [2.45, 2.75) is 65.0 Å². The summed E-state index contributed by atoms with van der Waals surface area (Å²) in [6, 6.07) is 3.07. The van der Waals surface area contributed by atoms with Crippen LogP contribution in [0.1, 0.15) is 53.4 Å². The zero-order valence-electron chi connectivity index (χ0n) is 14.5. The van der Waals surface area contributed by atoms with Gasteiger partial charge in [0.1, 0.15) is 5.54 Å². The summed E-state index contributed by atoms with van der Waals surface area (Å²) in [6.07, 6.45) is 4.60. The molecule has 1 rings (SSSR count). The van der Waals surface area contributed by atoms with Gasteiger partial charge >= 0.3 is 0 Å². The normalized spacial score (nSPS) is 18.0. The van der Waals surface area contributed by atoms with E-state index < -0.39 is 0 Å². The predicted octanol–water partition coefficient (Wildman–Crippen LogP) is 2.46. The van der Waals surface area contributed by atoms with Crippen molar-refractivity contribution >= 4 is 0 Å². The van der Waals surface area contributed by atoms with Crippen molar-refractivity contribution in [2.24, 2.45) is 0 Å². The third kappa shape index (κ3) is 7.26. The predicted molar refractivity (Wildman–Crippen MR) is 89.3 cm³/mol. The Morgan fingerprint density at radius 2 is 1.62 bits per heavy atom. The standard InChI is InChI=1S/C17H34N4/c1-5-20(6-2)12-8-13-21(7-3)14-11-17(4,15-18)19-16-9-10-16/h16,19H,5-14H2,1-4H3. The van der Waals surface area contributed by atoms with Gasteiger partial charge in [0.2, 0.25) is 0 Å². The van der Waals surface area contributed by atoms with Gasteiger partial charge in [0.25, 0.3) is 0 Å². The van der Waals surface area contributed by atoms with E-state index in [1.165, 1.54) is 25.8 Å². The van der Waals surface area contributed by atoms with E-state index in [2.05, 4.69) is 48.9 Å². The average Bonchev–Trinajstić information content (AvgIpc) is 3.30. The van der Waals surface area contributed by atoms with Gasteiger partial charge in [0.05, 0.1) is 6.07 Å². The van der Waals surface area contributed by atoms with E-state index in [4.69, 9.17) is 0 Å². The van der Waals surface area contributed by atoms with Gasteiger partial charge in [-0.2, -0.15) is 5.26 Å². The van der Waals surface area contributed by atoms with Gasteiger partial charge in [-0.25, -0.2) is 0 Å². The van der Waals surface area contributed by atoms with Gasteiger partial charge in [0, 0.05) is 12.6 Å². The van der Waals surface area contributed by atoms with E-state index in [0.717, 1.165) is 39.1 Å². The lowest BCUT2D eigenvalue weighted by Gasteiger charge is -2.28. The van der Waals surface area contributed by atoms with Crippen molar-refractivity contribution in [1.82, 2.24) is 15.1 Å². The number of hydrogen-bond acceptors (Lipinski definition) is 4. The minimum absolute atomic E-state index is 0.354. The highest BCUT2D eigenvalue weighted by molar-refractivity contribution is 5.07. The van der Waals surface area contributed by atoms with Gasteiger partial charge in [-0.15, -0.1) is 0 Å². The zero-order chi connectivity index (χ0) is 15.7. The quantitative estimate of drug-likeness (QED) is 0.600. The average molecular weight is 294 g/mol. The maximum Gasteiger partial charge on any atom is 0.105 e. The van der Waals surface area contributed by atoms with Crippen LogP contribution in [-0.4, -0.2) is 60.6 Å². The summed E-state index contributed by atoms with van der Waals surface area (Å²) in [5.41, 5.74) is -0.354. The molecule has 0 aromatic carbocycles. The molecule has 1 atom stereocenters. The molecule has 1 saturated carbocycles. The molecule has 4 nitrogen and oxygen atoms in total. The zero-order valence-corrected chi connectivity index (χ0v) is 14.5. The van der Waals surface area contributed by atoms with Crippen LogP contribution in [-0.2, 0) is 0 Å². The minimum Gasteiger partial charge on any atom is -0.304 e. The molecule has 1 aliphatic rings. The Balaban J connectivity index is 2.27. The van der Waals surface area contributed by atoms with E-state index in [1.807, 2.05) is 0 Å². The molecule has 0 amide bonds.